The summed E-state index contributed by atoms with van der Waals surface area (Å²) in [6.07, 6.45) is 7.64. The Balaban J connectivity index is 1.62. The average molecular weight is 392 g/mol. The van der Waals surface area contributed by atoms with E-state index in [0.717, 1.165) is 25.7 Å². The first kappa shape index (κ1) is 21.1. The molecule has 2 atom stereocenters. The molecule has 6 heteroatoms. The molecule has 4 aliphatic rings. The van der Waals surface area contributed by atoms with Crippen molar-refractivity contribution < 1.29 is 14.4 Å². The fraction of sp³-hybridized carbons (Fsp3) is 0.864. The molecule has 0 heterocycles. The van der Waals surface area contributed by atoms with Crippen molar-refractivity contribution in [1.82, 2.24) is 16.0 Å². The van der Waals surface area contributed by atoms with Gasteiger partial charge in [0.2, 0.25) is 17.7 Å². The first-order valence-electron chi connectivity index (χ1n) is 11.1. The van der Waals surface area contributed by atoms with E-state index >= 15 is 0 Å². The number of nitrogens with one attached hydrogen (secondary N) is 3. The van der Waals surface area contributed by atoms with Crippen LogP contribution in [0.15, 0.2) is 0 Å². The molecule has 0 aromatic carbocycles. The highest BCUT2D eigenvalue weighted by Gasteiger charge is 2.55. The minimum absolute atomic E-state index is 0.0382. The predicted octanol–water partition coefficient (Wildman–Crippen LogP) is 2.37. The SMILES string of the molecule is CCCNC(=O)[C@@H](C)NC(=O)[C@@H](NC(=O)C12CC3CC(CC(C3)C1)C2)C(C)C. The standard InChI is InChI=1S/C22H37N3O3/c1-5-6-23-19(26)14(4)24-20(27)18(13(2)3)25-21(28)22-10-15-7-16(11-22)9-17(8-15)12-22/h13-18H,5-12H2,1-4H3,(H,23,26)(H,24,27)(H,25,28)/t14-,15?,16?,17?,18+,22?/m1/s1. The van der Waals surface area contributed by atoms with E-state index in [2.05, 4.69) is 16.0 Å². The molecule has 0 radical (unpaired) electrons. The monoisotopic (exact) mass is 391 g/mol. The molecule has 0 spiro atoms. The Morgan fingerprint density at radius 1 is 0.893 bits per heavy atom. The molecule has 0 aliphatic heterocycles. The maximum atomic E-state index is 13.3. The maximum absolute atomic E-state index is 13.3. The van der Waals surface area contributed by atoms with Crippen LogP contribution in [-0.4, -0.2) is 36.3 Å². The molecule has 4 saturated carbocycles. The van der Waals surface area contributed by atoms with Crippen molar-refractivity contribution in [3.05, 3.63) is 0 Å². The smallest absolute Gasteiger partial charge is 0.243 e. The van der Waals surface area contributed by atoms with Gasteiger partial charge in [0.25, 0.3) is 0 Å². The number of rotatable bonds is 8. The van der Waals surface area contributed by atoms with Gasteiger partial charge >= 0.3 is 0 Å². The van der Waals surface area contributed by atoms with E-state index in [1.807, 2.05) is 20.8 Å². The summed E-state index contributed by atoms with van der Waals surface area (Å²) in [6.45, 7) is 8.13. The van der Waals surface area contributed by atoms with Gasteiger partial charge in [0.1, 0.15) is 12.1 Å². The molecule has 28 heavy (non-hydrogen) atoms. The maximum Gasteiger partial charge on any atom is 0.243 e. The average Bonchev–Trinajstić information content (AvgIpc) is 2.62. The summed E-state index contributed by atoms with van der Waals surface area (Å²) < 4.78 is 0. The molecule has 3 N–H and O–H groups in total. The van der Waals surface area contributed by atoms with Gasteiger partial charge in [-0.05, 0) is 75.5 Å². The molecule has 158 valence electrons. The number of hydrogen-bond donors (Lipinski definition) is 3. The minimum atomic E-state index is -0.614. The Morgan fingerprint density at radius 3 is 1.89 bits per heavy atom. The Bertz CT molecular complexity index is 581. The van der Waals surface area contributed by atoms with Crippen molar-refractivity contribution in [2.45, 2.75) is 84.7 Å². The molecular formula is C22H37N3O3. The van der Waals surface area contributed by atoms with Crippen LogP contribution < -0.4 is 16.0 Å². The highest BCUT2D eigenvalue weighted by atomic mass is 16.2. The first-order valence-corrected chi connectivity index (χ1v) is 11.1. The van der Waals surface area contributed by atoms with Crippen molar-refractivity contribution in [1.29, 1.82) is 0 Å². The van der Waals surface area contributed by atoms with E-state index in [1.165, 1.54) is 19.3 Å². The van der Waals surface area contributed by atoms with E-state index < -0.39 is 12.1 Å². The van der Waals surface area contributed by atoms with Crippen LogP contribution in [0.25, 0.3) is 0 Å². The zero-order chi connectivity index (χ0) is 20.5. The van der Waals surface area contributed by atoms with Gasteiger partial charge in [-0.3, -0.25) is 14.4 Å². The van der Waals surface area contributed by atoms with Gasteiger partial charge in [0.05, 0.1) is 0 Å². The molecule has 4 aliphatic carbocycles. The highest BCUT2D eigenvalue weighted by Crippen LogP contribution is 2.60. The molecule has 6 nitrogen and oxygen atoms in total. The zero-order valence-corrected chi connectivity index (χ0v) is 17.8. The van der Waals surface area contributed by atoms with Crippen molar-refractivity contribution >= 4 is 17.7 Å². The lowest BCUT2D eigenvalue weighted by atomic mass is 9.49. The zero-order valence-electron chi connectivity index (χ0n) is 17.8. The van der Waals surface area contributed by atoms with E-state index in [9.17, 15) is 14.4 Å². The topological polar surface area (TPSA) is 87.3 Å². The molecule has 0 aromatic heterocycles. The minimum Gasteiger partial charge on any atom is -0.354 e. The summed E-state index contributed by atoms with van der Waals surface area (Å²) >= 11 is 0. The number of hydrogen-bond acceptors (Lipinski definition) is 3. The lowest BCUT2D eigenvalue weighted by molar-refractivity contribution is -0.149. The van der Waals surface area contributed by atoms with Crippen molar-refractivity contribution in [3.8, 4) is 0 Å². The Hall–Kier alpha value is -1.59. The lowest BCUT2D eigenvalue weighted by Gasteiger charge is -2.55. The molecule has 0 aromatic rings. The predicted molar refractivity (Wildman–Crippen MR) is 108 cm³/mol. The molecule has 4 fully saturated rings. The third-order valence-corrected chi connectivity index (χ3v) is 7.06. The summed E-state index contributed by atoms with van der Waals surface area (Å²) in [7, 11) is 0. The van der Waals surface area contributed by atoms with E-state index in [0.29, 0.717) is 24.3 Å². The van der Waals surface area contributed by atoms with Gasteiger partial charge in [-0.25, -0.2) is 0 Å². The van der Waals surface area contributed by atoms with Gasteiger partial charge < -0.3 is 16.0 Å². The van der Waals surface area contributed by atoms with Crippen molar-refractivity contribution in [2.24, 2.45) is 29.1 Å². The Labute approximate surface area is 169 Å². The van der Waals surface area contributed by atoms with Gasteiger partial charge in [0, 0.05) is 12.0 Å². The summed E-state index contributed by atoms with van der Waals surface area (Å²) in [5.41, 5.74) is -0.272. The van der Waals surface area contributed by atoms with Crippen LogP contribution in [0, 0.1) is 29.1 Å². The second-order valence-corrected chi connectivity index (χ2v) is 9.91. The number of carbonyl (C=O) groups excluding carboxylic acids is 3. The Morgan fingerprint density at radius 2 is 1.43 bits per heavy atom. The second-order valence-electron chi connectivity index (χ2n) is 9.91. The van der Waals surface area contributed by atoms with Crippen LogP contribution in [-0.2, 0) is 14.4 Å². The molecule has 4 bridgehead atoms. The number of amides is 3. The fourth-order valence-electron chi connectivity index (χ4n) is 5.99. The van der Waals surface area contributed by atoms with Gasteiger partial charge in [0.15, 0.2) is 0 Å². The van der Waals surface area contributed by atoms with Gasteiger partial charge in [-0.1, -0.05) is 20.8 Å². The van der Waals surface area contributed by atoms with E-state index in [1.54, 1.807) is 6.92 Å². The van der Waals surface area contributed by atoms with E-state index in [-0.39, 0.29) is 29.1 Å². The molecule has 0 unspecified atom stereocenters. The normalized spacial score (nSPS) is 32.7. The quantitative estimate of drug-likeness (QED) is 0.594. The molecular weight excluding hydrogens is 354 g/mol. The van der Waals surface area contributed by atoms with Crippen LogP contribution in [0.1, 0.15) is 72.6 Å². The van der Waals surface area contributed by atoms with Crippen molar-refractivity contribution in [2.75, 3.05) is 6.54 Å². The fourth-order valence-corrected chi connectivity index (χ4v) is 5.99. The summed E-state index contributed by atoms with van der Waals surface area (Å²) in [4.78, 5) is 38.2. The number of carbonyl (C=O) groups is 3. The third-order valence-electron chi connectivity index (χ3n) is 7.06. The van der Waals surface area contributed by atoms with E-state index in [4.69, 9.17) is 0 Å². The van der Waals surface area contributed by atoms with Gasteiger partial charge in [-0.15, -0.1) is 0 Å². The summed E-state index contributed by atoms with van der Waals surface area (Å²) in [6, 6.07) is -1.22. The highest BCUT2D eigenvalue weighted by molar-refractivity contribution is 5.93. The van der Waals surface area contributed by atoms with Crippen LogP contribution in [0.3, 0.4) is 0 Å². The second kappa shape index (κ2) is 8.42. The summed E-state index contributed by atoms with van der Waals surface area (Å²) in [5, 5.41) is 8.66. The van der Waals surface area contributed by atoms with Crippen LogP contribution in [0.2, 0.25) is 0 Å². The Kier molecular flexibility index (Phi) is 6.35. The lowest BCUT2D eigenvalue weighted by Crippen LogP contribution is -2.59. The molecule has 3 amide bonds. The van der Waals surface area contributed by atoms with Crippen LogP contribution >= 0.6 is 0 Å². The first-order chi connectivity index (χ1) is 13.2. The third kappa shape index (κ3) is 4.36. The molecule has 4 rings (SSSR count). The van der Waals surface area contributed by atoms with Gasteiger partial charge in [-0.2, -0.15) is 0 Å². The largest absolute Gasteiger partial charge is 0.354 e. The van der Waals surface area contributed by atoms with Crippen LogP contribution in [0.5, 0.6) is 0 Å². The van der Waals surface area contributed by atoms with Crippen LogP contribution in [0.4, 0.5) is 0 Å². The molecule has 0 saturated heterocycles. The summed E-state index contributed by atoms with van der Waals surface area (Å²) in [5.74, 6) is 1.62. The van der Waals surface area contributed by atoms with Crippen molar-refractivity contribution in [3.63, 3.8) is 0 Å².